The van der Waals surface area contributed by atoms with Crippen LogP contribution in [0.15, 0.2) is 29.6 Å². The highest BCUT2D eigenvalue weighted by molar-refractivity contribution is 7.14. The molecule has 2 heterocycles. The quantitative estimate of drug-likeness (QED) is 0.777. The maximum Gasteiger partial charge on any atom is 0.143 e. The van der Waals surface area contributed by atoms with E-state index in [1.807, 2.05) is 6.07 Å². The molecule has 1 atom stereocenters. The van der Waals surface area contributed by atoms with Gasteiger partial charge >= 0.3 is 0 Å². The van der Waals surface area contributed by atoms with Crippen LogP contribution in [-0.4, -0.2) is 6.54 Å². The molecular weight excluding hydrogens is 290 g/mol. The Morgan fingerprint density at radius 1 is 1.30 bits per heavy atom. The fourth-order valence-corrected chi connectivity index (χ4v) is 3.25. The summed E-state index contributed by atoms with van der Waals surface area (Å²) in [5, 5.41) is 5.53. The van der Waals surface area contributed by atoms with Gasteiger partial charge in [0.15, 0.2) is 0 Å². The van der Waals surface area contributed by atoms with Crippen molar-refractivity contribution in [3.05, 3.63) is 45.1 Å². The Balaban J connectivity index is 1.86. The molecule has 0 radical (unpaired) electrons. The minimum absolute atomic E-state index is 0.0340. The number of benzene rings is 1. The lowest BCUT2D eigenvalue weighted by molar-refractivity contribution is 0.211. The minimum atomic E-state index is 0.0340. The molecule has 0 bridgehead atoms. The molecule has 20 heavy (non-hydrogen) atoms. The summed E-state index contributed by atoms with van der Waals surface area (Å²) in [7, 11) is 0. The second kappa shape index (κ2) is 4.97. The lowest BCUT2D eigenvalue weighted by Crippen LogP contribution is -2.24. The predicted octanol–water partition coefficient (Wildman–Crippen LogP) is 5.24. The summed E-state index contributed by atoms with van der Waals surface area (Å²) in [5.41, 5.74) is 3.67. The Morgan fingerprint density at radius 3 is 2.75 bits per heavy atom. The SMILES string of the molecule is CC(C)(C)c1ccc2c(c1)NCC(c1csc(Cl)c1)O2. The molecule has 1 aliphatic rings. The summed E-state index contributed by atoms with van der Waals surface area (Å²) >= 11 is 7.54. The van der Waals surface area contributed by atoms with Crippen LogP contribution >= 0.6 is 22.9 Å². The van der Waals surface area contributed by atoms with Crippen molar-refractivity contribution >= 4 is 28.6 Å². The Hall–Kier alpha value is -1.19. The first-order valence-corrected chi connectivity index (χ1v) is 7.98. The predicted molar refractivity (Wildman–Crippen MR) is 86.3 cm³/mol. The molecule has 3 rings (SSSR count). The summed E-state index contributed by atoms with van der Waals surface area (Å²) in [6.07, 6.45) is 0.0340. The highest BCUT2D eigenvalue weighted by atomic mass is 35.5. The summed E-state index contributed by atoms with van der Waals surface area (Å²) < 4.78 is 6.89. The standard InChI is InChI=1S/C16H18ClNOS/c1-16(2,3)11-4-5-13-12(7-11)18-8-14(19-13)10-6-15(17)20-9-10/h4-7,9,14,18H,8H2,1-3H3. The van der Waals surface area contributed by atoms with Crippen LogP contribution in [0.1, 0.15) is 38.0 Å². The second-order valence-electron chi connectivity index (χ2n) is 6.13. The van der Waals surface area contributed by atoms with Gasteiger partial charge in [0.05, 0.1) is 16.6 Å². The largest absolute Gasteiger partial charge is 0.482 e. The molecule has 106 valence electrons. The summed E-state index contributed by atoms with van der Waals surface area (Å²) in [6.45, 7) is 7.42. The Labute approximate surface area is 128 Å². The van der Waals surface area contributed by atoms with Crippen LogP contribution in [-0.2, 0) is 5.41 Å². The van der Waals surface area contributed by atoms with Crippen molar-refractivity contribution < 1.29 is 4.74 Å². The summed E-state index contributed by atoms with van der Waals surface area (Å²) in [4.78, 5) is 0. The van der Waals surface area contributed by atoms with Crippen LogP contribution in [0.3, 0.4) is 0 Å². The zero-order chi connectivity index (χ0) is 14.3. The summed E-state index contributed by atoms with van der Waals surface area (Å²) in [5.74, 6) is 0.913. The maximum absolute atomic E-state index is 6.08. The van der Waals surface area contributed by atoms with E-state index in [1.54, 1.807) is 11.3 Å². The molecule has 1 N–H and O–H groups in total. The molecule has 0 aliphatic carbocycles. The van der Waals surface area contributed by atoms with Crippen molar-refractivity contribution in [3.63, 3.8) is 0 Å². The molecule has 0 saturated carbocycles. The van der Waals surface area contributed by atoms with Gasteiger partial charge in [0, 0.05) is 5.56 Å². The van der Waals surface area contributed by atoms with Gasteiger partial charge in [0.1, 0.15) is 11.9 Å². The Kier molecular flexibility index (Phi) is 3.43. The van der Waals surface area contributed by atoms with Crippen molar-refractivity contribution in [2.24, 2.45) is 0 Å². The zero-order valence-electron chi connectivity index (χ0n) is 11.9. The van der Waals surface area contributed by atoms with Gasteiger partial charge in [-0.15, -0.1) is 11.3 Å². The van der Waals surface area contributed by atoms with E-state index in [0.29, 0.717) is 0 Å². The first-order chi connectivity index (χ1) is 9.43. The van der Waals surface area contributed by atoms with Gasteiger partial charge in [-0.25, -0.2) is 0 Å². The lowest BCUT2D eigenvalue weighted by Gasteiger charge is -2.29. The van der Waals surface area contributed by atoms with E-state index in [4.69, 9.17) is 16.3 Å². The fourth-order valence-electron chi connectivity index (χ4n) is 2.31. The van der Waals surface area contributed by atoms with E-state index in [1.165, 1.54) is 5.56 Å². The van der Waals surface area contributed by atoms with E-state index in [2.05, 4.69) is 49.7 Å². The third kappa shape index (κ3) is 2.65. The normalized spacial score (nSPS) is 18.1. The number of rotatable bonds is 1. The Bertz CT molecular complexity index is 630. The number of anilines is 1. The van der Waals surface area contributed by atoms with Crippen LogP contribution in [0.2, 0.25) is 4.34 Å². The number of fused-ring (bicyclic) bond motifs is 1. The number of hydrogen-bond donors (Lipinski definition) is 1. The first kappa shape index (κ1) is 13.8. The van der Waals surface area contributed by atoms with Gasteiger partial charge in [-0.1, -0.05) is 38.4 Å². The van der Waals surface area contributed by atoms with Crippen LogP contribution in [0, 0.1) is 0 Å². The highest BCUT2D eigenvalue weighted by Gasteiger charge is 2.23. The number of nitrogens with one attached hydrogen (secondary N) is 1. The summed E-state index contributed by atoms with van der Waals surface area (Å²) in [6, 6.07) is 8.37. The van der Waals surface area contributed by atoms with E-state index >= 15 is 0 Å². The van der Waals surface area contributed by atoms with Gasteiger partial charge < -0.3 is 10.1 Å². The van der Waals surface area contributed by atoms with Crippen molar-refractivity contribution in [3.8, 4) is 5.75 Å². The third-order valence-electron chi connectivity index (χ3n) is 3.55. The molecule has 2 nitrogen and oxygen atoms in total. The number of hydrogen-bond acceptors (Lipinski definition) is 3. The zero-order valence-corrected chi connectivity index (χ0v) is 13.4. The lowest BCUT2D eigenvalue weighted by atomic mass is 9.86. The van der Waals surface area contributed by atoms with Crippen LogP contribution in [0.4, 0.5) is 5.69 Å². The van der Waals surface area contributed by atoms with E-state index < -0.39 is 0 Å². The average molecular weight is 308 g/mol. The van der Waals surface area contributed by atoms with Crippen molar-refractivity contribution in [2.45, 2.75) is 32.3 Å². The van der Waals surface area contributed by atoms with Gasteiger partial charge in [-0.05, 0) is 34.6 Å². The highest BCUT2D eigenvalue weighted by Crippen LogP contribution is 2.38. The maximum atomic E-state index is 6.08. The van der Waals surface area contributed by atoms with Crippen molar-refractivity contribution in [1.29, 1.82) is 0 Å². The Morgan fingerprint density at radius 2 is 2.10 bits per heavy atom. The van der Waals surface area contributed by atoms with Crippen molar-refractivity contribution in [1.82, 2.24) is 0 Å². The third-order valence-corrected chi connectivity index (χ3v) is 4.66. The molecule has 1 aromatic carbocycles. The minimum Gasteiger partial charge on any atom is -0.482 e. The first-order valence-electron chi connectivity index (χ1n) is 6.72. The van der Waals surface area contributed by atoms with Gasteiger partial charge in [-0.3, -0.25) is 0 Å². The fraction of sp³-hybridized carbons (Fsp3) is 0.375. The molecule has 1 unspecified atom stereocenters. The molecule has 0 amide bonds. The van der Waals surface area contributed by atoms with Gasteiger partial charge in [0.25, 0.3) is 0 Å². The monoisotopic (exact) mass is 307 g/mol. The molecular formula is C16H18ClNOS. The van der Waals surface area contributed by atoms with Crippen molar-refractivity contribution in [2.75, 3.05) is 11.9 Å². The smallest absolute Gasteiger partial charge is 0.143 e. The molecule has 1 aromatic heterocycles. The van der Waals surface area contributed by atoms with Crippen LogP contribution < -0.4 is 10.1 Å². The number of ether oxygens (including phenoxy) is 1. The molecule has 1 aliphatic heterocycles. The number of thiophene rings is 1. The molecule has 0 fully saturated rings. The molecule has 0 spiro atoms. The molecule has 4 heteroatoms. The number of halogens is 1. The topological polar surface area (TPSA) is 21.3 Å². The molecule has 0 saturated heterocycles. The van der Waals surface area contributed by atoms with Crippen LogP contribution in [0.5, 0.6) is 5.75 Å². The average Bonchev–Trinajstić information content (AvgIpc) is 2.83. The second-order valence-corrected chi connectivity index (χ2v) is 7.68. The van der Waals surface area contributed by atoms with E-state index in [9.17, 15) is 0 Å². The van der Waals surface area contributed by atoms with Gasteiger partial charge in [-0.2, -0.15) is 0 Å². The van der Waals surface area contributed by atoms with Crippen LogP contribution in [0.25, 0.3) is 0 Å². The molecule has 2 aromatic rings. The van der Waals surface area contributed by atoms with E-state index in [0.717, 1.165) is 27.9 Å². The van der Waals surface area contributed by atoms with E-state index in [-0.39, 0.29) is 11.5 Å². The van der Waals surface area contributed by atoms with Gasteiger partial charge in [0.2, 0.25) is 0 Å².